The summed E-state index contributed by atoms with van der Waals surface area (Å²) in [5.41, 5.74) is 19.2. The summed E-state index contributed by atoms with van der Waals surface area (Å²) in [6.07, 6.45) is 0. The second-order valence-electron chi connectivity index (χ2n) is 16.6. The highest BCUT2D eigenvalue weighted by atomic mass is 15.3. The lowest BCUT2D eigenvalue weighted by atomic mass is 9.82. The van der Waals surface area contributed by atoms with E-state index >= 15 is 0 Å². The van der Waals surface area contributed by atoms with E-state index < -0.39 is 0 Å². The molecule has 0 bridgehead atoms. The van der Waals surface area contributed by atoms with Gasteiger partial charge in [-0.05, 0) is 104 Å². The van der Waals surface area contributed by atoms with Crippen molar-refractivity contribution in [2.75, 3.05) is 4.90 Å². The van der Waals surface area contributed by atoms with Crippen molar-refractivity contribution in [1.82, 2.24) is 9.97 Å². The summed E-state index contributed by atoms with van der Waals surface area (Å²) < 4.78 is 0. The van der Waals surface area contributed by atoms with Crippen LogP contribution in [-0.2, 0) is 5.41 Å². The monoisotopic (exact) mass is 793 g/mol. The number of anilines is 3. The van der Waals surface area contributed by atoms with Gasteiger partial charge in [0.25, 0.3) is 0 Å². The molecule has 0 fully saturated rings. The standard InChI is InChI=1S/C59H43N3/c1-59(2)52-25-14-12-23-50(52)56-53(59)26-16-28-55(56)62(49-35-33-43(34-36-49)40-17-6-3-7-18-40)58-60-54-27-15-13-24-51(54)57(61-58)45-31-29-44(30-32-45)48-38-46(41-19-8-4-9-20-41)37-47(39-48)42-21-10-5-11-22-42/h3-39H,1-2H3. The van der Waals surface area contributed by atoms with Crippen LogP contribution in [0.25, 0.3) is 77.8 Å². The lowest BCUT2D eigenvalue weighted by Gasteiger charge is -2.28. The summed E-state index contributed by atoms with van der Waals surface area (Å²) in [6.45, 7) is 4.66. The van der Waals surface area contributed by atoms with Crippen LogP contribution < -0.4 is 4.90 Å². The third kappa shape index (κ3) is 6.56. The third-order valence-corrected chi connectivity index (χ3v) is 12.5. The molecule has 0 atom stereocenters. The average Bonchev–Trinajstić information content (AvgIpc) is 3.58. The van der Waals surface area contributed by atoms with E-state index in [4.69, 9.17) is 9.97 Å². The molecule has 1 heterocycles. The van der Waals surface area contributed by atoms with Crippen molar-refractivity contribution >= 4 is 28.2 Å². The second-order valence-corrected chi connectivity index (χ2v) is 16.6. The highest BCUT2D eigenvalue weighted by molar-refractivity contribution is 5.98. The Kier molecular flexibility index (Phi) is 9.17. The van der Waals surface area contributed by atoms with E-state index in [0.29, 0.717) is 5.95 Å². The molecule has 0 amide bonds. The minimum atomic E-state index is -0.162. The summed E-state index contributed by atoms with van der Waals surface area (Å²) >= 11 is 0. The van der Waals surface area contributed by atoms with E-state index in [1.807, 2.05) is 0 Å². The minimum absolute atomic E-state index is 0.162. The average molecular weight is 794 g/mol. The van der Waals surface area contributed by atoms with E-state index in [1.54, 1.807) is 0 Å². The van der Waals surface area contributed by atoms with E-state index in [1.165, 1.54) is 50.1 Å². The Morgan fingerprint density at radius 3 is 1.47 bits per heavy atom. The molecule has 1 aliphatic carbocycles. The molecule has 9 aromatic carbocycles. The van der Waals surface area contributed by atoms with Crippen LogP contribution in [0, 0.1) is 0 Å². The summed E-state index contributed by atoms with van der Waals surface area (Å²) in [4.78, 5) is 13.2. The summed E-state index contributed by atoms with van der Waals surface area (Å²) in [7, 11) is 0. The fourth-order valence-corrected chi connectivity index (χ4v) is 9.31. The van der Waals surface area contributed by atoms with Crippen molar-refractivity contribution in [3.63, 3.8) is 0 Å². The van der Waals surface area contributed by atoms with Gasteiger partial charge in [0.05, 0.1) is 16.9 Å². The zero-order chi connectivity index (χ0) is 41.6. The van der Waals surface area contributed by atoms with Crippen LogP contribution in [0.1, 0.15) is 25.0 Å². The maximum Gasteiger partial charge on any atom is 0.235 e. The normalized spacial score (nSPS) is 12.5. The first-order chi connectivity index (χ1) is 30.5. The van der Waals surface area contributed by atoms with Gasteiger partial charge in [0.15, 0.2) is 0 Å². The number of hydrogen-bond donors (Lipinski definition) is 0. The third-order valence-electron chi connectivity index (χ3n) is 12.5. The molecule has 0 saturated carbocycles. The molecule has 0 unspecified atom stereocenters. The van der Waals surface area contributed by atoms with Crippen LogP contribution >= 0.6 is 0 Å². The van der Waals surface area contributed by atoms with Crippen molar-refractivity contribution in [2.45, 2.75) is 19.3 Å². The van der Waals surface area contributed by atoms with Gasteiger partial charge in [-0.2, -0.15) is 0 Å². The first-order valence-corrected chi connectivity index (χ1v) is 21.3. The summed E-state index contributed by atoms with van der Waals surface area (Å²) in [5, 5.41) is 1.01. The van der Waals surface area contributed by atoms with Gasteiger partial charge < -0.3 is 0 Å². The number of aromatic nitrogens is 2. The predicted molar refractivity (Wildman–Crippen MR) is 259 cm³/mol. The molecule has 11 rings (SSSR count). The van der Waals surface area contributed by atoms with Gasteiger partial charge in [-0.15, -0.1) is 0 Å². The van der Waals surface area contributed by atoms with Gasteiger partial charge in [-0.3, -0.25) is 4.90 Å². The van der Waals surface area contributed by atoms with Crippen LogP contribution in [0.4, 0.5) is 17.3 Å². The maximum absolute atomic E-state index is 5.55. The molecule has 0 N–H and O–H groups in total. The highest BCUT2D eigenvalue weighted by Crippen LogP contribution is 2.54. The van der Waals surface area contributed by atoms with Gasteiger partial charge in [0, 0.05) is 27.6 Å². The number of para-hydroxylation sites is 1. The van der Waals surface area contributed by atoms with Crippen molar-refractivity contribution in [3.05, 3.63) is 236 Å². The van der Waals surface area contributed by atoms with Gasteiger partial charge in [0.1, 0.15) is 0 Å². The number of hydrogen-bond acceptors (Lipinski definition) is 3. The molecule has 3 nitrogen and oxygen atoms in total. The number of fused-ring (bicyclic) bond motifs is 4. The molecule has 3 heteroatoms. The molecule has 0 radical (unpaired) electrons. The number of nitrogens with zero attached hydrogens (tertiary/aromatic N) is 3. The Morgan fingerprint density at radius 1 is 0.371 bits per heavy atom. The predicted octanol–water partition coefficient (Wildman–Crippen LogP) is 15.7. The van der Waals surface area contributed by atoms with Gasteiger partial charge in [-0.25, -0.2) is 9.97 Å². The van der Waals surface area contributed by atoms with Crippen molar-refractivity contribution < 1.29 is 0 Å². The SMILES string of the molecule is CC1(C)c2ccccc2-c2c(N(c3ccc(-c4ccccc4)cc3)c3nc(-c4ccc(-c5cc(-c6ccccc6)cc(-c6ccccc6)c5)cc4)c4ccccc4n3)cccc21. The van der Waals surface area contributed by atoms with Gasteiger partial charge >= 0.3 is 0 Å². The highest BCUT2D eigenvalue weighted by Gasteiger charge is 2.38. The molecule has 294 valence electrons. The first-order valence-electron chi connectivity index (χ1n) is 21.3. The Hall–Kier alpha value is -7.88. The Labute approximate surface area is 363 Å². The Balaban J connectivity index is 1.07. The Bertz CT molecular complexity index is 3170. The molecular formula is C59H43N3. The van der Waals surface area contributed by atoms with E-state index in [9.17, 15) is 0 Å². The lowest BCUT2D eigenvalue weighted by Crippen LogP contribution is -2.17. The van der Waals surface area contributed by atoms with Gasteiger partial charge in [-0.1, -0.05) is 196 Å². The van der Waals surface area contributed by atoms with Crippen molar-refractivity contribution in [3.8, 4) is 66.9 Å². The van der Waals surface area contributed by atoms with Crippen LogP contribution in [0.3, 0.4) is 0 Å². The van der Waals surface area contributed by atoms with E-state index in [2.05, 4.69) is 243 Å². The molecule has 1 aliphatic rings. The molecule has 62 heavy (non-hydrogen) atoms. The zero-order valence-electron chi connectivity index (χ0n) is 34.7. The summed E-state index contributed by atoms with van der Waals surface area (Å²) in [6, 6.07) is 80.3. The maximum atomic E-state index is 5.55. The smallest absolute Gasteiger partial charge is 0.235 e. The second kappa shape index (κ2) is 15.3. The molecule has 0 spiro atoms. The van der Waals surface area contributed by atoms with Crippen LogP contribution in [0.15, 0.2) is 224 Å². The van der Waals surface area contributed by atoms with Crippen LogP contribution in [0.5, 0.6) is 0 Å². The fourth-order valence-electron chi connectivity index (χ4n) is 9.31. The zero-order valence-corrected chi connectivity index (χ0v) is 34.7. The minimum Gasteiger partial charge on any atom is -0.279 e. The number of rotatable bonds is 8. The largest absolute Gasteiger partial charge is 0.279 e. The number of benzene rings is 9. The molecule has 1 aromatic heterocycles. The Morgan fingerprint density at radius 2 is 0.839 bits per heavy atom. The van der Waals surface area contributed by atoms with Crippen molar-refractivity contribution in [1.29, 1.82) is 0 Å². The van der Waals surface area contributed by atoms with Crippen LogP contribution in [-0.4, -0.2) is 9.97 Å². The summed E-state index contributed by atoms with van der Waals surface area (Å²) in [5.74, 6) is 0.619. The molecule has 0 aliphatic heterocycles. The molecule has 0 saturated heterocycles. The quantitative estimate of drug-likeness (QED) is 0.153. The molecular weight excluding hydrogens is 751 g/mol. The van der Waals surface area contributed by atoms with E-state index in [-0.39, 0.29) is 5.41 Å². The molecule has 10 aromatic rings. The van der Waals surface area contributed by atoms with E-state index in [0.717, 1.165) is 50.2 Å². The topological polar surface area (TPSA) is 29.0 Å². The lowest BCUT2D eigenvalue weighted by molar-refractivity contribution is 0.660. The first kappa shape index (κ1) is 37.1. The van der Waals surface area contributed by atoms with Crippen LogP contribution in [0.2, 0.25) is 0 Å². The fraction of sp³-hybridized carbons (Fsp3) is 0.0508. The van der Waals surface area contributed by atoms with Gasteiger partial charge in [0.2, 0.25) is 5.95 Å². The van der Waals surface area contributed by atoms with Crippen molar-refractivity contribution in [2.24, 2.45) is 0 Å².